The molecule has 0 aromatic carbocycles. The second kappa shape index (κ2) is 3.01. The Kier molecular flexibility index (Phi) is 2.00. The Morgan fingerprint density at radius 3 is 3.08 bits per heavy atom. The fourth-order valence-corrected chi connectivity index (χ4v) is 2.24. The molecule has 12 heavy (non-hydrogen) atoms. The molecule has 0 spiro atoms. The molecule has 0 bridgehead atoms. The van der Waals surface area contributed by atoms with Crippen molar-refractivity contribution in [1.29, 1.82) is 0 Å². The van der Waals surface area contributed by atoms with Crippen LogP contribution in [0.15, 0.2) is 18.3 Å². The SMILES string of the molecule is NCc1cc2cnc(Cl)cc2s1. The normalized spacial score (nSPS) is 10.8. The van der Waals surface area contributed by atoms with Crippen LogP contribution in [-0.4, -0.2) is 4.98 Å². The van der Waals surface area contributed by atoms with E-state index < -0.39 is 0 Å². The first kappa shape index (κ1) is 7.98. The number of aromatic nitrogens is 1. The number of halogens is 1. The summed E-state index contributed by atoms with van der Waals surface area (Å²) in [6.45, 7) is 0.580. The summed E-state index contributed by atoms with van der Waals surface area (Å²) in [5.41, 5.74) is 5.51. The van der Waals surface area contributed by atoms with Gasteiger partial charge in [0.1, 0.15) is 5.15 Å². The smallest absolute Gasteiger partial charge is 0.130 e. The second-order valence-electron chi connectivity index (χ2n) is 2.46. The molecule has 2 nitrogen and oxygen atoms in total. The topological polar surface area (TPSA) is 38.9 Å². The molecule has 2 aromatic heterocycles. The molecule has 0 amide bonds. The summed E-state index contributed by atoms with van der Waals surface area (Å²) in [5, 5.41) is 1.65. The summed E-state index contributed by atoms with van der Waals surface area (Å²) in [6.07, 6.45) is 1.77. The summed E-state index contributed by atoms with van der Waals surface area (Å²) < 4.78 is 1.15. The van der Waals surface area contributed by atoms with Crippen LogP contribution in [0.2, 0.25) is 5.15 Å². The fraction of sp³-hybridized carbons (Fsp3) is 0.125. The quantitative estimate of drug-likeness (QED) is 0.715. The van der Waals surface area contributed by atoms with Gasteiger partial charge in [-0.2, -0.15) is 0 Å². The number of pyridine rings is 1. The first-order chi connectivity index (χ1) is 5.79. The van der Waals surface area contributed by atoms with E-state index in [1.165, 1.54) is 0 Å². The Morgan fingerprint density at radius 2 is 2.33 bits per heavy atom. The van der Waals surface area contributed by atoms with E-state index in [9.17, 15) is 0 Å². The van der Waals surface area contributed by atoms with Crippen molar-refractivity contribution in [2.24, 2.45) is 5.73 Å². The van der Waals surface area contributed by atoms with Crippen LogP contribution in [0, 0.1) is 0 Å². The van der Waals surface area contributed by atoms with Crippen molar-refractivity contribution >= 4 is 33.0 Å². The van der Waals surface area contributed by atoms with Gasteiger partial charge >= 0.3 is 0 Å². The maximum Gasteiger partial charge on any atom is 0.130 e. The number of rotatable bonds is 1. The van der Waals surface area contributed by atoms with Gasteiger partial charge in [0.05, 0.1) is 0 Å². The van der Waals surface area contributed by atoms with Gasteiger partial charge < -0.3 is 5.73 Å². The molecule has 0 aliphatic heterocycles. The van der Waals surface area contributed by atoms with Crippen molar-refractivity contribution in [2.75, 3.05) is 0 Å². The minimum Gasteiger partial charge on any atom is -0.326 e. The fourth-order valence-electron chi connectivity index (χ4n) is 1.07. The molecule has 0 atom stereocenters. The van der Waals surface area contributed by atoms with Crippen LogP contribution in [0.5, 0.6) is 0 Å². The van der Waals surface area contributed by atoms with Gasteiger partial charge in [0.2, 0.25) is 0 Å². The van der Waals surface area contributed by atoms with Crippen molar-refractivity contribution in [3.05, 3.63) is 28.4 Å². The van der Waals surface area contributed by atoms with Crippen LogP contribution in [0.4, 0.5) is 0 Å². The third kappa shape index (κ3) is 1.31. The number of nitrogens with two attached hydrogens (primary N) is 1. The average molecular weight is 199 g/mol. The Labute approximate surface area is 79.0 Å². The summed E-state index contributed by atoms with van der Waals surface area (Å²) in [4.78, 5) is 5.15. The monoisotopic (exact) mass is 198 g/mol. The lowest BCUT2D eigenvalue weighted by atomic mass is 10.3. The lowest BCUT2D eigenvalue weighted by Crippen LogP contribution is -1.90. The predicted molar refractivity (Wildman–Crippen MR) is 52.5 cm³/mol. The molecule has 62 valence electrons. The maximum atomic E-state index is 5.74. The van der Waals surface area contributed by atoms with E-state index >= 15 is 0 Å². The van der Waals surface area contributed by atoms with Gasteiger partial charge in [0, 0.05) is 27.7 Å². The Hall–Kier alpha value is -0.640. The van der Waals surface area contributed by atoms with E-state index in [0.717, 1.165) is 15.0 Å². The van der Waals surface area contributed by atoms with Crippen molar-refractivity contribution in [3.63, 3.8) is 0 Å². The summed E-state index contributed by atoms with van der Waals surface area (Å²) in [6, 6.07) is 3.91. The van der Waals surface area contributed by atoms with Crippen molar-refractivity contribution in [3.8, 4) is 0 Å². The number of hydrogen-bond acceptors (Lipinski definition) is 3. The van der Waals surface area contributed by atoms with E-state index in [1.807, 2.05) is 12.1 Å². The maximum absolute atomic E-state index is 5.74. The van der Waals surface area contributed by atoms with E-state index in [1.54, 1.807) is 17.5 Å². The van der Waals surface area contributed by atoms with Crippen molar-refractivity contribution < 1.29 is 0 Å². The third-order valence-corrected chi connectivity index (χ3v) is 2.95. The van der Waals surface area contributed by atoms with Gasteiger partial charge in [0.15, 0.2) is 0 Å². The molecule has 0 aliphatic rings. The molecule has 0 fully saturated rings. The summed E-state index contributed by atoms with van der Waals surface area (Å²) in [7, 11) is 0. The lowest BCUT2D eigenvalue weighted by Gasteiger charge is -1.87. The van der Waals surface area contributed by atoms with Crippen molar-refractivity contribution in [2.45, 2.75) is 6.54 Å². The molecule has 2 heterocycles. The zero-order valence-corrected chi connectivity index (χ0v) is 7.82. The van der Waals surface area contributed by atoms with Gasteiger partial charge in [-0.25, -0.2) is 4.98 Å². The highest BCUT2D eigenvalue weighted by Gasteiger charge is 2.00. The van der Waals surface area contributed by atoms with Gasteiger partial charge in [-0.3, -0.25) is 0 Å². The zero-order valence-electron chi connectivity index (χ0n) is 6.25. The zero-order chi connectivity index (χ0) is 8.55. The second-order valence-corrected chi connectivity index (χ2v) is 4.02. The molecule has 0 aliphatic carbocycles. The van der Waals surface area contributed by atoms with E-state index in [-0.39, 0.29) is 0 Å². The van der Waals surface area contributed by atoms with Gasteiger partial charge in [0.25, 0.3) is 0 Å². The van der Waals surface area contributed by atoms with Gasteiger partial charge in [-0.1, -0.05) is 11.6 Å². The van der Waals surface area contributed by atoms with Crippen molar-refractivity contribution in [1.82, 2.24) is 4.98 Å². The summed E-state index contributed by atoms with van der Waals surface area (Å²) >= 11 is 7.40. The van der Waals surface area contributed by atoms with E-state index in [4.69, 9.17) is 17.3 Å². The van der Waals surface area contributed by atoms with Crippen LogP contribution >= 0.6 is 22.9 Å². The van der Waals surface area contributed by atoms with Gasteiger partial charge in [-0.05, 0) is 12.1 Å². The largest absolute Gasteiger partial charge is 0.326 e. The standard InChI is InChI=1S/C8H7ClN2S/c9-8-2-7-5(4-11-8)1-6(3-10)12-7/h1-2,4H,3,10H2. The molecule has 0 radical (unpaired) electrons. The highest BCUT2D eigenvalue weighted by Crippen LogP contribution is 2.26. The number of nitrogens with zero attached hydrogens (tertiary/aromatic N) is 1. The molecule has 0 unspecified atom stereocenters. The summed E-state index contributed by atoms with van der Waals surface area (Å²) in [5.74, 6) is 0. The van der Waals surface area contributed by atoms with Crippen LogP contribution < -0.4 is 5.73 Å². The van der Waals surface area contributed by atoms with E-state index in [0.29, 0.717) is 11.7 Å². The van der Waals surface area contributed by atoms with Crippen LogP contribution in [0.1, 0.15) is 4.88 Å². The van der Waals surface area contributed by atoms with E-state index in [2.05, 4.69) is 4.98 Å². The first-order valence-corrected chi connectivity index (χ1v) is 4.73. The molecule has 4 heteroatoms. The Balaban J connectivity index is 2.67. The number of hydrogen-bond donors (Lipinski definition) is 1. The Bertz CT molecular complexity index is 410. The lowest BCUT2D eigenvalue weighted by molar-refractivity contribution is 1.11. The average Bonchev–Trinajstić information content (AvgIpc) is 2.46. The van der Waals surface area contributed by atoms with Gasteiger partial charge in [-0.15, -0.1) is 11.3 Å². The molecular weight excluding hydrogens is 192 g/mol. The highest BCUT2D eigenvalue weighted by molar-refractivity contribution is 7.19. The third-order valence-electron chi connectivity index (χ3n) is 1.62. The van der Waals surface area contributed by atoms with Crippen LogP contribution in [-0.2, 0) is 6.54 Å². The highest BCUT2D eigenvalue weighted by atomic mass is 35.5. The minimum absolute atomic E-state index is 0.535. The predicted octanol–water partition coefficient (Wildman–Crippen LogP) is 2.41. The number of fused-ring (bicyclic) bond motifs is 1. The minimum atomic E-state index is 0.535. The molecular formula is C8H7ClN2S. The van der Waals surface area contributed by atoms with Crippen LogP contribution in [0.25, 0.3) is 10.1 Å². The molecule has 2 rings (SSSR count). The molecule has 2 N–H and O–H groups in total. The first-order valence-electron chi connectivity index (χ1n) is 3.53. The number of thiophene rings is 1. The van der Waals surface area contributed by atoms with Crippen LogP contribution in [0.3, 0.4) is 0 Å². The molecule has 0 saturated heterocycles. The molecule has 2 aromatic rings. The Morgan fingerprint density at radius 1 is 1.50 bits per heavy atom. The molecule has 0 saturated carbocycles.